The highest BCUT2D eigenvalue weighted by molar-refractivity contribution is 5.94. The first kappa shape index (κ1) is 19.4. The summed E-state index contributed by atoms with van der Waals surface area (Å²) in [6, 6.07) is 11.4. The molecule has 0 saturated heterocycles. The monoisotopic (exact) mass is 354 g/mol. The minimum absolute atomic E-state index is 0.00201. The molecule has 26 heavy (non-hydrogen) atoms. The van der Waals surface area contributed by atoms with Gasteiger partial charge in [0.25, 0.3) is 0 Å². The lowest BCUT2D eigenvalue weighted by atomic mass is 10.2. The zero-order valence-electron chi connectivity index (χ0n) is 15.6. The molecule has 0 atom stereocenters. The molecular weight excluding hydrogens is 328 g/mol. The number of pyridine rings is 1. The molecule has 0 fully saturated rings. The van der Waals surface area contributed by atoms with Gasteiger partial charge in [-0.05, 0) is 49.7 Å². The van der Waals surface area contributed by atoms with Gasteiger partial charge in [0.1, 0.15) is 6.54 Å². The lowest BCUT2D eigenvalue weighted by Gasteiger charge is -2.22. The van der Waals surface area contributed by atoms with Gasteiger partial charge in [0.15, 0.2) is 0 Å². The molecule has 0 spiro atoms. The molecule has 2 rings (SSSR count). The SMILES string of the molecule is CCN(CC)c1ccc(NC(=O)CN(Cc2cccnc2)C(C)=O)cc1. The smallest absolute Gasteiger partial charge is 0.244 e. The summed E-state index contributed by atoms with van der Waals surface area (Å²) in [6.07, 6.45) is 3.37. The van der Waals surface area contributed by atoms with Crippen LogP contribution in [0.25, 0.3) is 0 Å². The fraction of sp³-hybridized carbons (Fsp3) is 0.350. The van der Waals surface area contributed by atoms with Gasteiger partial charge in [0, 0.05) is 50.3 Å². The van der Waals surface area contributed by atoms with Gasteiger partial charge in [-0.15, -0.1) is 0 Å². The topological polar surface area (TPSA) is 65.5 Å². The molecule has 2 aromatic rings. The number of nitrogens with one attached hydrogen (secondary N) is 1. The van der Waals surface area contributed by atoms with Crippen LogP contribution in [-0.4, -0.2) is 41.3 Å². The second kappa shape index (κ2) is 9.56. The van der Waals surface area contributed by atoms with Crippen LogP contribution in [0.3, 0.4) is 0 Å². The Labute approximate surface area is 154 Å². The first-order valence-electron chi connectivity index (χ1n) is 8.82. The molecule has 6 heteroatoms. The van der Waals surface area contributed by atoms with Gasteiger partial charge >= 0.3 is 0 Å². The first-order chi connectivity index (χ1) is 12.5. The van der Waals surface area contributed by atoms with Crippen molar-refractivity contribution in [2.24, 2.45) is 0 Å². The maximum Gasteiger partial charge on any atom is 0.244 e. The summed E-state index contributed by atoms with van der Waals surface area (Å²) < 4.78 is 0. The number of hydrogen-bond donors (Lipinski definition) is 1. The minimum Gasteiger partial charge on any atom is -0.372 e. The molecule has 0 unspecified atom stereocenters. The number of anilines is 2. The van der Waals surface area contributed by atoms with E-state index >= 15 is 0 Å². The van der Waals surface area contributed by atoms with Gasteiger partial charge in [0.05, 0.1) is 0 Å². The summed E-state index contributed by atoms with van der Waals surface area (Å²) in [7, 11) is 0. The third-order valence-electron chi connectivity index (χ3n) is 4.16. The summed E-state index contributed by atoms with van der Waals surface area (Å²) >= 11 is 0. The number of carbonyl (C=O) groups excluding carboxylic acids is 2. The van der Waals surface area contributed by atoms with Crippen molar-refractivity contribution in [1.29, 1.82) is 0 Å². The molecule has 1 aromatic heterocycles. The normalized spacial score (nSPS) is 10.3. The van der Waals surface area contributed by atoms with E-state index in [4.69, 9.17) is 0 Å². The fourth-order valence-electron chi connectivity index (χ4n) is 2.71. The average molecular weight is 354 g/mol. The number of amides is 2. The summed E-state index contributed by atoms with van der Waals surface area (Å²) in [5.74, 6) is -0.374. The van der Waals surface area contributed by atoms with Crippen LogP contribution in [0.4, 0.5) is 11.4 Å². The van der Waals surface area contributed by atoms with Crippen molar-refractivity contribution in [2.75, 3.05) is 29.9 Å². The van der Waals surface area contributed by atoms with E-state index < -0.39 is 0 Å². The first-order valence-corrected chi connectivity index (χ1v) is 8.82. The van der Waals surface area contributed by atoms with Crippen molar-refractivity contribution < 1.29 is 9.59 Å². The highest BCUT2D eigenvalue weighted by atomic mass is 16.2. The number of benzene rings is 1. The Balaban J connectivity index is 1.96. The lowest BCUT2D eigenvalue weighted by molar-refractivity contribution is -0.133. The number of hydrogen-bond acceptors (Lipinski definition) is 4. The summed E-state index contributed by atoms with van der Waals surface area (Å²) in [5, 5.41) is 2.85. The molecule has 6 nitrogen and oxygen atoms in total. The average Bonchev–Trinajstić information content (AvgIpc) is 2.64. The Morgan fingerprint density at radius 3 is 2.31 bits per heavy atom. The van der Waals surface area contributed by atoms with Crippen LogP contribution in [0.2, 0.25) is 0 Å². The second-order valence-electron chi connectivity index (χ2n) is 6.00. The quantitative estimate of drug-likeness (QED) is 0.792. The third-order valence-corrected chi connectivity index (χ3v) is 4.16. The highest BCUT2D eigenvalue weighted by Gasteiger charge is 2.14. The number of rotatable bonds is 8. The van der Waals surface area contributed by atoms with Crippen LogP contribution in [-0.2, 0) is 16.1 Å². The van der Waals surface area contributed by atoms with Gasteiger partial charge in [-0.2, -0.15) is 0 Å². The highest BCUT2D eigenvalue weighted by Crippen LogP contribution is 2.17. The van der Waals surface area contributed by atoms with E-state index in [1.54, 1.807) is 12.4 Å². The molecule has 1 heterocycles. The van der Waals surface area contributed by atoms with Crippen molar-refractivity contribution >= 4 is 23.2 Å². The number of aromatic nitrogens is 1. The van der Waals surface area contributed by atoms with Crippen molar-refractivity contribution in [3.05, 3.63) is 54.4 Å². The summed E-state index contributed by atoms with van der Waals surface area (Å²) in [4.78, 5) is 31.9. The zero-order chi connectivity index (χ0) is 18.9. The van der Waals surface area contributed by atoms with Crippen LogP contribution in [0, 0.1) is 0 Å². The van der Waals surface area contributed by atoms with Crippen molar-refractivity contribution in [3.63, 3.8) is 0 Å². The van der Waals surface area contributed by atoms with Crippen molar-refractivity contribution in [1.82, 2.24) is 9.88 Å². The maximum atomic E-state index is 12.3. The van der Waals surface area contributed by atoms with Crippen LogP contribution in [0.15, 0.2) is 48.8 Å². The molecule has 0 aliphatic rings. The van der Waals surface area contributed by atoms with Gasteiger partial charge in [-0.25, -0.2) is 0 Å². The molecule has 0 aliphatic heterocycles. The predicted molar refractivity (Wildman–Crippen MR) is 104 cm³/mol. The Hall–Kier alpha value is -2.89. The van der Waals surface area contributed by atoms with E-state index in [-0.39, 0.29) is 18.4 Å². The predicted octanol–water partition coefficient (Wildman–Crippen LogP) is 2.92. The number of carbonyl (C=O) groups is 2. The molecular formula is C20H26N4O2. The summed E-state index contributed by atoms with van der Waals surface area (Å²) in [5.41, 5.74) is 2.73. The van der Waals surface area contributed by atoms with Gasteiger partial charge in [-0.3, -0.25) is 14.6 Å². The molecule has 1 N–H and O–H groups in total. The third kappa shape index (κ3) is 5.58. The van der Waals surface area contributed by atoms with Crippen LogP contribution >= 0.6 is 0 Å². The standard InChI is InChI=1S/C20H26N4O2/c1-4-23(5-2)19-10-8-18(9-11-19)22-20(26)15-24(16(3)25)14-17-7-6-12-21-13-17/h6-13H,4-5,14-15H2,1-3H3,(H,22,26). The Morgan fingerprint density at radius 2 is 1.77 bits per heavy atom. The van der Waals surface area contributed by atoms with Crippen molar-refractivity contribution in [3.8, 4) is 0 Å². The van der Waals surface area contributed by atoms with Crippen LogP contribution in [0.5, 0.6) is 0 Å². The van der Waals surface area contributed by atoms with E-state index in [0.717, 1.165) is 30.0 Å². The minimum atomic E-state index is -0.223. The maximum absolute atomic E-state index is 12.3. The Morgan fingerprint density at radius 1 is 1.08 bits per heavy atom. The molecule has 0 bridgehead atoms. The van der Waals surface area contributed by atoms with E-state index in [0.29, 0.717) is 6.54 Å². The van der Waals surface area contributed by atoms with Gasteiger partial charge < -0.3 is 15.1 Å². The van der Waals surface area contributed by atoms with Gasteiger partial charge in [-0.1, -0.05) is 6.07 Å². The second-order valence-corrected chi connectivity index (χ2v) is 6.00. The number of nitrogens with zero attached hydrogens (tertiary/aromatic N) is 3. The van der Waals surface area contributed by atoms with Crippen LogP contribution in [0.1, 0.15) is 26.3 Å². The molecule has 1 aromatic carbocycles. The van der Waals surface area contributed by atoms with E-state index in [1.165, 1.54) is 11.8 Å². The molecule has 138 valence electrons. The van der Waals surface area contributed by atoms with E-state index in [2.05, 4.69) is 29.0 Å². The molecule has 0 saturated carbocycles. The molecule has 2 amide bonds. The zero-order valence-corrected chi connectivity index (χ0v) is 15.6. The van der Waals surface area contributed by atoms with Crippen molar-refractivity contribution in [2.45, 2.75) is 27.3 Å². The fourth-order valence-corrected chi connectivity index (χ4v) is 2.71. The Kier molecular flexibility index (Phi) is 7.14. The molecule has 0 radical (unpaired) electrons. The van der Waals surface area contributed by atoms with E-state index in [9.17, 15) is 9.59 Å². The lowest BCUT2D eigenvalue weighted by Crippen LogP contribution is -2.36. The summed E-state index contributed by atoms with van der Waals surface area (Å²) in [6.45, 7) is 7.91. The van der Waals surface area contributed by atoms with E-state index in [1.807, 2.05) is 36.4 Å². The largest absolute Gasteiger partial charge is 0.372 e. The molecule has 0 aliphatic carbocycles. The Bertz CT molecular complexity index is 712. The van der Waals surface area contributed by atoms with Crippen LogP contribution < -0.4 is 10.2 Å². The van der Waals surface area contributed by atoms with Gasteiger partial charge in [0.2, 0.25) is 11.8 Å².